The summed E-state index contributed by atoms with van der Waals surface area (Å²) in [6.07, 6.45) is 4.41. The molecule has 2 saturated carbocycles. The molecule has 2 aliphatic heterocycles. The van der Waals surface area contributed by atoms with Gasteiger partial charge in [-0.1, -0.05) is 30.3 Å². The zero-order chi connectivity index (χ0) is 20.3. The Morgan fingerprint density at radius 3 is 2.70 bits per heavy atom. The number of benzene rings is 1. The molecule has 0 unspecified atom stereocenters. The van der Waals surface area contributed by atoms with E-state index in [-0.39, 0.29) is 11.3 Å². The number of carbonyl (C=O) groups excluding carboxylic acids is 1. The third kappa shape index (κ3) is 2.92. The Labute approximate surface area is 177 Å². The van der Waals surface area contributed by atoms with Crippen LogP contribution in [0.15, 0.2) is 36.4 Å². The van der Waals surface area contributed by atoms with Gasteiger partial charge < -0.3 is 14.9 Å². The molecule has 158 valence electrons. The predicted molar refractivity (Wildman–Crippen MR) is 113 cm³/mol. The molecule has 4 aliphatic rings. The molecule has 6 rings (SSSR count). The average Bonchev–Trinajstić information content (AvgIpc) is 3.47. The highest BCUT2D eigenvalue weighted by Crippen LogP contribution is 2.69. The first-order valence-electron chi connectivity index (χ1n) is 11.5. The van der Waals surface area contributed by atoms with Gasteiger partial charge >= 0.3 is 0 Å². The molecule has 1 aromatic heterocycles. The Hall–Kier alpha value is -2.18. The van der Waals surface area contributed by atoms with Crippen molar-refractivity contribution in [2.24, 2.45) is 11.3 Å². The summed E-state index contributed by atoms with van der Waals surface area (Å²) in [7, 11) is 0. The molecule has 2 aromatic rings. The molecular formula is C24H30N4O2. The maximum absolute atomic E-state index is 13.2. The SMILES string of the molecule is O=C(c1cc(C2CC2)[nH]n1)N1C[C@@H](O)[C@@]2(C1)[C@H](CN1CCCC1)[C@H]2c1ccccc1. The third-order valence-electron chi connectivity index (χ3n) is 7.97. The second-order valence-electron chi connectivity index (χ2n) is 9.80. The fourth-order valence-electron chi connectivity index (χ4n) is 6.18. The van der Waals surface area contributed by atoms with Crippen LogP contribution in [-0.4, -0.2) is 69.8 Å². The normalized spacial score (nSPS) is 33.5. The zero-order valence-corrected chi connectivity index (χ0v) is 17.3. The number of likely N-dealkylation sites (tertiary alicyclic amines) is 2. The monoisotopic (exact) mass is 406 g/mol. The van der Waals surface area contributed by atoms with E-state index in [0.29, 0.717) is 36.5 Å². The number of aromatic nitrogens is 2. The number of H-pyrrole nitrogens is 1. The lowest BCUT2D eigenvalue weighted by Crippen LogP contribution is -2.30. The van der Waals surface area contributed by atoms with Crippen LogP contribution in [-0.2, 0) is 0 Å². The number of aliphatic hydroxyl groups is 1. The van der Waals surface area contributed by atoms with Crippen molar-refractivity contribution in [3.8, 4) is 0 Å². The van der Waals surface area contributed by atoms with E-state index >= 15 is 0 Å². The summed E-state index contributed by atoms with van der Waals surface area (Å²) in [4.78, 5) is 17.6. The second kappa shape index (κ2) is 6.92. The predicted octanol–water partition coefficient (Wildman–Crippen LogP) is 2.60. The van der Waals surface area contributed by atoms with Gasteiger partial charge in [0.15, 0.2) is 0 Å². The van der Waals surface area contributed by atoms with Gasteiger partial charge in [-0.3, -0.25) is 9.89 Å². The number of nitrogens with zero attached hydrogens (tertiary/aromatic N) is 3. The Balaban J connectivity index is 1.25. The van der Waals surface area contributed by atoms with E-state index in [2.05, 4.69) is 39.4 Å². The van der Waals surface area contributed by atoms with E-state index in [9.17, 15) is 9.90 Å². The van der Waals surface area contributed by atoms with Crippen molar-refractivity contribution in [3.63, 3.8) is 0 Å². The van der Waals surface area contributed by atoms with Crippen LogP contribution in [0.1, 0.15) is 59.3 Å². The smallest absolute Gasteiger partial charge is 0.274 e. The minimum absolute atomic E-state index is 0.0484. The number of nitrogens with one attached hydrogen (secondary N) is 1. The van der Waals surface area contributed by atoms with Crippen LogP contribution in [0.3, 0.4) is 0 Å². The first kappa shape index (κ1) is 18.6. The van der Waals surface area contributed by atoms with Crippen LogP contribution in [0, 0.1) is 11.3 Å². The summed E-state index contributed by atoms with van der Waals surface area (Å²) in [5.74, 6) is 1.21. The quantitative estimate of drug-likeness (QED) is 0.801. The molecule has 0 bridgehead atoms. The minimum atomic E-state index is -0.485. The fraction of sp³-hybridized carbons (Fsp3) is 0.583. The van der Waals surface area contributed by atoms with Crippen molar-refractivity contribution < 1.29 is 9.90 Å². The number of hydrogen-bond acceptors (Lipinski definition) is 4. The number of hydrogen-bond donors (Lipinski definition) is 2. The summed E-state index contributed by atoms with van der Waals surface area (Å²) >= 11 is 0. The van der Waals surface area contributed by atoms with Gasteiger partial charge in [-0.15, -0.1) is 0 Å². The standard InChI is InChI=1S/C24H30N4O2/c29-21-14-28(23(30)20-12-19(25-26-20)16-8-9-16)15-24(21)18(13-27-10-4-5-11-27)22(24)17-6-2-1-3-7-17/h1-3,6-7,12,16,18,21-22,29H,4-5,8-11,13-15H2,(H,25,26)/t18-,21-,22-,24-/m1/s1. The third-order valence-corrected chi connectivity index (χ3v) is 7.97. The van der Waals surface area contributed by atoms with Crippen LogP contribution in [0.25, 0.3) is 0 Å². The molecule has 1 aromatic carbocycles. The van der Waals surface area contributed by atoms with Gasteiger partial charge in [-0.05, 0) is 62.2 Å². The van der Waals surface area contributed by atoms with E-state index < -0.39 is 6.10 Å². The molecule has 0 radical (unpaired) electrons. The lowest BCUT2D eigenvalue weighted by Gasteiger charge is -2.18. The molecular weight excluding hydrogens is 376 g/mol. The number of amides is 1. The minimum Gasteiger partial charge on any atom is -0.391 e. The molecule has 2 N–H and O–H groups in total. The Morgan fingerprint density at radius 1 is 1.20 bits per heavy atom. The first-order valence-corrected chi connectivity index (χ1v) is 11.5. The lowest BCUT2D eigenvalue weighted by atomic mass is 9.95. The molecule has 2 saturated heterocycles. The van der Waals surface area contributed by atoms with Crippen LogP contribution >= 0.6 is 0 Å². The van der Waals surface area contributed by atoms with Crippen molar-refractivity contribution >= 4 is 5.91 Å². The van der Waals surface area contributed by atoms with Crippen molar-refractivity contribution in [2.75, 3.05) is 32.7 Å². The number of aliphatic hydroxyl groups excluding tert-OH is 1. The van der Waals surface area contributed by atoms with E-state index in [0.717, 1.165) is 25.3 Å². The summed E-state index contributed by atoms with van der Waals surface area (Å²) in [6, 6.07) is 12.5. The highest BCUT2D eigenvalue weighted by atomic mass is 16.3. The van der Waals surface area contributed by atoms with Crippen molar-refractivity contribution in [3.05, 3.63) is 53.3 Å². The average molecular weight is 407 g/mol. The molecule has 4 atom stereocenters. The van der Waals surface area contributed by atoms with Crippen LogP contribution in [0.5, 0.6) is 0 Å². The van der Waals surface area contributed by atoms with Crippen LogP contribution in [0.2, 0.25) is 0 Å². The second-order valence-corrected chi connectivity index (χ2v) is 9.80. The Kier molecular flexibility index (Phi) is 4.29. The highest BCUT2D eigenvalue weighted by molar-refractivity contribution is 5.92. The zero-order valence-electron chi connectivity index (χ0n) is 17.3. The highest BCUT2D eigenvalue weighted by Gasteiger charge is 2.71. The van der Waals surface area contributed by atoms with Gasteiger partial charge in [-0.25, -0.2) is 0 Å². The molecule has 6 heteroatoms. The topological polar surface area (TPSA) is 72.5 Å². The largest absolute Gasteiger partial charge is 0.391 e. The molecule has 6 nitrogen and oxygen atoms in total. The van der Waals surface area contributed by atoms with E-state index in [1.807, 2.05) is 17.0 Å². The first-order chi connectivity index (χ1) is 14.7. The van der Waals surface area contributed by atoms with Crippen LogP contribution in [0.4, 0.5) is 0 Å². The molecule has 30 heavy (non-hydrogen) atoms. The maximum Gasteiger partial charge on any atom is 0.274 e. The summed E-state index contributed by atoms with van der Waals surface area (Å²) < 4.78 is 0. The molecule has 1 amide bonds. The van der Waals surface area contributed by atoms with Gasteiger partial charge in [0.05, 0.1) is 6.10 Å². The Morgan fingerprint density at radius 2 is 1.97 bits per heavy atom. The van der Waals surface area contributed by atoms with E-state index in [1.165, 1.54) is 31.2 Å². The molecule has 3 heterocycles. The van der Waals surface area contributed by atoms with Gasteiger partial charge in [0.25, 0.3) is 5.91 Å². The van der Waals surface area contributed by atoms with Crippen molar-refractivity contribution in [1.29, 1.82) is 0 Å². The van der Waals surface area contributed by atoms with E-state index in [4.69, 9.17) is 0 Å². The maximum atomic E-state index is 13.2. The fourth-order valence-corrected chi connectivity index (χ4v) is 6.18. The summed E-state index contributed by atoms with van der Waals surface area (Å²) in [5.41, 5.74) is 2.64. The Bertz CT molecular complexity index is 934. The molecule has 4 fully saturated rings. The lowest BCUT2D eigenvalue weighted by molar-refractivity contribution is 0.0758. The summed E-state index contributed by atoms with van der Waals surface area (Å²) in [5, 5.41) is 18.6. The number of rotatable bonds is 5. The van der Waals surface area contributed by atoms with Crippen LogP contribution < -0.4 is 0 Å². The van der Waals surface area contributed by atoms with Crippen molar-refractivity contribution in [2.45, 2.75) is 43.6 Å². The number of β-amino-alcohol motifs (C(OH)–C–C–N with tert-alkyl or cyclic N) is 1. The molecule has 1 spiro atoms. The van der Waals surface area contributed by atoms with Crippen molar-refractivity contribution in [1.82, 2.24) is 20.0 Å². The molecule has 2 aliphatic carbocycles. The van der Waals surface area contributed by atoms with E-state index in [1.54, 1.807) is 0 Å². The van der Waals surface area contributed by atoms with Gasteiger partial charge in [0.2, 0.25) is 0 Å². The van der Waals surface area contributed by atoms with Gasteiger partial charge in [-0.2, -0.15) is 5.10 Å². The van der Waals surface area contributed by atoms with Gasteiger partial charge in [0, 0.05) is 36.7 Å². The van der Waals surface area contributed by atoms with Gasteiger partial charge in [0.1, 0.15) is 5.69 Å². The summed E-state index contributed by atoms with van der Waals surface area (Å²) in [6.45, 7) is 4.36. The number of carbonyl (C=O) groups is 1. The number of aromatic amines is 1.